The van der Waals surface area contributed by atoms with Gasteiger partial charge in [-0.15, -0.1) is 0 Å². The van der Waals surface area contributed by atoms with E-state index in [1.165, 1.54) is 0 Å². The van der Waals surface area contributed by atoms with Crippen molar-refractivity contribution in [1.29, 1.82) is 0 Å². The first-order chi connectivity index (χ1) is 23.8. The molecule has 0 aliphatic heterocycles. The van der Waals surface area contributed by atoms with Crippen LogP contribution in [0.2, 0.25) is 0 Å². The number of para-hydroxylation sites is 2. The molecule has 0 aliphatic rings. The zero-order valence-electron chi connectivity index (χ0n) is 25.5. The number of pyridine rings is 1. The van der Waals surface area contributed by atoms with Crippen molar-refractivity contribution in [3.8, 4) is 45.3 Å². The molecule has 0 aliphatic carbocycles. The Balaban J connectivity index is 1.18. The summed E-state index contributed by atoms with van der Waals surface area (Å²) in [5, 5.41) is 6.21. The van der Waals surface area contributed by atoms with Gasteiger partial charge in [-0.25, -0.2) is 19.9 Å². The number of aromatic nitrogens is 4. The van der Waals surface area contributed by atoms with Crippen molar-refractivity contribution in [2.24, 2.45) is 0 Å². The summed E-state index contributed by atoms with van der Waals surface area (Å²) in [4.78, 5) is 19.8. The van der Waals surface area contributed by atoms with Crippen molar-refractivity contribution in [3.63, 3.8) is 0 Å². The predicted octanol–water partition coefficient (Wildman–Crippen LogP) is 10.9. The van der Waals surface area contributed by atoms with E-state index in [9.17, 15) is 0 Å². The molecule has 6 nitrogen and oxygen atoms in total. The van der Waals surface area contributed by atoms with Crippen molar-refractivity contribution in [2.75, 3.05) is 0 Å². The number of furan rings is 2. The lowest BCUT2D eigenvalue weighted by Crippen LogP contribution is -2.00. The Morgan fingerprint density at radius 1 is 0.396 bits per heavy atom. The molecule has 6 aromatic carbocycles. The van der Waals surface area contributed by atoms with Crippen molar-refractivity contribution in [3.05, 3.63) is 146 Å². The van der Waals surface area contributed by atoms with Crippen molar-refractivity contribution < 1.29 is 8.83 Å². The van der Waals surface area contributed by atoms with Gasteiger partial charge >= 0.3 is 0 Å². The van der Waals surface area contributed by atoms with Crippen LogP contribution in [0.1, 0.15) is 0 Å². The molecule has 48 heavy (non-hydrogen) atoms. The van der Waals surface area contributed by atoms with Crippen molar-refractivity contribution in [1.82, 2.24) is 19.9 Å². The highest BCUT2D eigenvalue weighted by atomic mass is 16.3. The molecule has 0 atom stereocenters. The fourth-order valence-corrected chi connectivity index (χ4v) is 6.83. The van der Waals surface area contributed by atoms with Gasteiger partial charge in [-0.05, 0) is 52.2 Å². The summed E-state index contributed by atoms with van der Waals surface area (Å²) in [5.74, 6) is 1.81. The first kappa shape index (κ1) is 26.5. The summed E-state index contributed by atoms with van der Waals surface area (Å²) in [6.45, 7) is 0. The Bertz CT molecular complexity index is 2850. The second-order valence-corrected chi connectivity index (χ2v) is 11.8. The number of benzene rings is 6. The van der Waals surface area contributed by atoms with Gasteiger partial charge in [-0.3, -0.25) is 0 Å². The standard InChI is InChI=1S/C42H24N4O2/c1-2-10-25(11-3-1)39-44-40(46-41(45-39)33-16-9-19-36-37(33)31-13-4-6-17-34(31)47-36)30-15-8-12-26-24-27(20-21-28(26)30)29-22-23-43-42-38(29)32-14-5-7-18-35(32)48-42/h1-24H. The number of fused-ring (bicyclic) bond motifs is 7. The smallest absolute Gasteiger partial charge is 0.227 e. The second-order valence-electron chi connectivity index (χ2n) is 11.8. The summed E-state index contributed by atoms with van der Waals surface area (Å²) >= 11 is 0. The molecule has 6 heteroatoms. The lowest BCUT2D eigenvalue weighted by Gasteiger charge is -2.12. The van der Waals surface area contributed by atoms with Crippen LogP contribution >= 0.6 is 0 Å². The van der Waals surface area contributed by atoms with Crippen LogP contribution < -0.4 is 0 Å². The van der Waals surface area contributed by atoms with Gasteiger partial charge in [-0.1, -0.05) is 109 Å². The topological polar surface area (TPSA) is 77.8 Å². The number of hydrogen-bond donors (Lipinski definition) is 0. The van der Waals surface area contributed by atoms with Crippen LogP contribution in [0.25, 0.3) is 100 Å². The van der Waals surface area contributed by atoms with E-state index in [0.717, 1.165) is 76.9 Å². The van der Waals surface area contributed by atoms with E-state index in [0.29, 0.717) is 23.2 Å². The fourth-order valence-electron chi connectivity index (χ4n) is 6.83. The molecule has 0 fully saturated rings. The molecule has 4 aromatic heterocycles. The zero-order valence-corrected chi connectivity index (χ0v) is 25.5. The number of hydrogen-bond acceptors (Lipinski definition) is 6. The normalized spacial score (nSPS) is 11.8. The SMILES string of the molecule is c1ccc(-c2nc(-c3cccc4cc(-c5ccnc6oc7ccccc7c56)ccc34)nc(-c3cccc4oc5ccccc5c34)n2)cc1. The highest BCUT2D eigenvalue weighted by Gasteiger charge is 2.19. The molecule has 224 valence electrons. The van der Waals surface area contributed by atoms with Crippen molar-refractivity contribution >= 4 is 54.8 Å². The van der Waals surface area contributed by atoms with E-state index < -0.39 is 0 Å². The summed E-state index contributed by atoms with van der Waals surface area (Å²) in [5.41, 5.74) is 7.99. The van der Waals surface area contributed by atoms with E-state index in [-0.39, 0.29) is 0 Å². The Labute approximate surface area is 274 Å². The maximum Gasteiger partial charge on any atom is 0.227 e. The largest absolute Gasteiger partial charge is 0.456 e. The highest BCUT2D eigenvalue weighted by molar-refractivity contribution is 6.13. The monoisotopic (exact) mass is 616 g/mol. The molecule has 10 rings (SSSR count). The predicted molar refractivity (Wildman–Crippen MR) is 191 cm³/mol. The summed E-state index contributed by atoms with van der Waals surface area (Å²) < 4.78 is 12.3. The van der Waals surface area contributed by atoms with Crippen LogP contribution in [0.15, 0.2) is 155 Å². The van der Waals surface area contributed by atoms with Crippen LogP contribution in [0, 0.1) is 0 Å². The molecule has 0 amide bonds. The first-order valence-corrected chi connectivity index (χ1v) is 15.8. The average molecular weight is 617 g/mol. The van der Waals surface area contributed by atoms with Gasteiger partial charge in [0.15, 0.2) is 17.5 Å². The van der Waals surface area contributed by atoms with Gasteiger partial charge in [0.2, 0.25) is 5.71 Å². The molecule has 0 N–H and O–H groups in total. The number of nitrogens with zero attached hydrogens (tertiary/aromatic N) is 4. The number of rotatable bonds is 4. The van der Waals surface area contributed by atoms with Crippen LogP contribution in [0.3, 0.4) is 0 Å². The third-order valence-corrected chi connectivity index (χ3v) is 9.02. The third kappa shape index (κ3) is 4.13. The molecular formula is C42H24N4O2. The molecule has 4 heterocycles. The summed E-state index contributed by atoms with van der Waals surface area (Å²) in [6, 6.07) is 47.1. The third-order valence-electron chi connectivity index (χ3n) is 9.02. The summed E-state index contributed by atoms with van der Waals surface area (Å²) in [7, 11) is 0. The molecule has 0 saturated carbocycles. The Morgan fingerprint density at radius 2 is 1.06 bits per heavy atom. The molecule has 10 aromatic rings. The van der Waals surface area contributed by atoms with Gasteiger partial charge in [0.1, 0.15) is 16.7 Å². The highest BCUT2D eigenvalue weighted by Crippen LogP contribution is 2.39. The van der Waals surface area contributed by atoms with E-state index in [1.54, 1.807) is 0 Å². The van der Waals surface area contributed by atoms with Gasteiger partial charge in [0.05, 0.1) is 5.39 Å². The lowest BCUT2D eigenvalue weighted by atomic mass is 9.96. The maximum atomic E-state index is 6.21. The van der Waals surface area contributed by atoms with Gasteiger partial charge in [-0.2, -0.15) is 0 Å². The summed E-state index contributed by atoms with van der Waals surface area (Å²) in [6.07, 6.45) is 1.81. The first-order valence-electron chi connectivity index (χ1n) is 15.8. The van der Waals surface area contributed by atoms with E-state index in [4.69, 9.17) is 23.8 Å². The van der Waals surface area contributed by atoms with Crippen LogP contribution in [-0.4, -0.2) is 19.9 Å². The van der Waals surface area contributed by atoms with Gasteiger partial charge in [0, 0.05) is 39.0 Å². The molecular weight excluding hydrogens is 592 g/mol. The molecule has 0 saturated heterocycles. The van der Waals surface area contributed by atoms with E-state index >= 15 is 0 Å². The Hall–Kier alpha value is -6.66. The molecule has 0 bridgehead atoms. The average Bonchev–Trinajstić information content (AvgIpc) is 3.73. The van der Waals surface area contributed by atoms with Gasteiger partial charge < -0.3 is 8.83 Å². The minimum absolute atomic E-state index is 0.593. The second kappa shape index (κ2) is 10.4. The van der Waals surface area contributed by atoms with E-state index in [2.05, 4.69) is 65.6 Å². The van der Waals surface area contributed by atoms with Crippen molar-refractivity contribution in [2.45, 2.75) is 0 Å². The molecule has 0 unspecified atom stereocenters. The molecule has 0 spiro atoms. The van der Waals surface area contributed by atoms with E-state index in [1.807, 2.05) is 85.1 Å². The lowest BCUT2D eigenvalue weighted by molar-refractivity contribution is 0.654. The van der Waals surface area contributed by atoms with Crippen LogP contribution in [0.4, 0.5) is 0 Å². The van der Waals surface area contributed by atoms with Crippen LogP contribution in [0.5, 0.6) is 0 Å². The fraction of sp³-hybridized carbons (Fsp3) is 0. The van der Waals surface area contributed by atoms with Gasteiger partial charge in [0.25, 0.3) is 0 Å². The minimum Gasteiger partial charge on any atom is -0.456 e. The Kier molecular flexibility index (Phi) is 5.77. The molecule has 0 radical (unpaired) electrons. The minimum atomic E-state index is 0.593. The zero-order chi connectivity index (χ0) is 31.6. The van der Waals surface area contributed by atoms with Crippen LogP contribution in [-0.2, 0) is 0 Å². The quantitative estimate of drug-likeness (QED) is 0.196. The Morgan fingerprint density at radius 3 is 1.92 bits per heavy atom. The maximum absolute atomic E-state index is 6.21.